The third-order valence-corrected chi connectivity index (χ3v) is 6.20. The number of ether oxygens (including phenoxy) is 1. The maximum Gasteiger partial charge on any atom is 0.246 e. The van der Waals surface area contributed by atoms with Crippen LogP contribution in [0.15, 0.2) is 40.1 Å². The zero-order valence-electron chi connectivity index (χ0n) is 12.4. The van der Waals surface area contributed by atoms with Crippen molar-refractivity contribution in [3.05, 3.63) is 46.4 Å². The number of aromatic nitrogens is 1. The molecule has 0 radical (unpaired) electrons. The van der Waals surface area contributed by atoms with Crippen molar-refractivity contribution in [2.45, 2.75) is 24.0 Å². The highest BCUT2D eigenvalue weighted by molar-refractivity contribution is 7.89. The van der Waals surface area contributed by atoms with E-state index in [1.54, 1.807) is 11.3 Å². The van der Waals surface area contributed by atoms with Gasteiger partial charge in [-0.25, -0.2) is 13.4 Å². The van der Waals surface area contributed by atoms with Gasteiger partial charge in [0.1, 0.15) is 11.0 Å². The lowest BCUT2D eigenvalue weighted by Crippen LogP contribution is -2.46. The van der Waals surface area contributed by atoms with Crippen molar-refractivity contribution in [3.8, 4) is 6.07 Å². The summed E-state index contributed by atoms with van der Waals surface area (Å²) in [5, 5.41) is 13.0. The smallest absolute Gasteiger partial charge is 0.246 e. The fourth-order valence-electron chi connectivity index (χ4n) is 2.57. The molecular weight excluding hydrogens is 334 g/mol. The molecule has 0 saturated carbocycles. The lowest BCUT2D eigenvalue weighted by molar-refractivity contribution is -0.0555. The normalized spacial score (nSPS) is 22.6. The lowest BCUT2D eigenvalue weighted by Gasteiger charge is -2.35. The van der Waals surface area contributed by atoms with Gasteiger partial charge in [0.05, 0.1) is 12.2 Å². The summed E-state index contributed by atoms with van der Waals surface area (Å²) >= 11 is 1.54. The molecule has 2 aromatic heterocycles. The maximum absolute atomic E-state index is 12.9. The van der Waals surface area contributed by atoms with E-state index in [4.69, 9.17) is 10.00 Å². The van der Waals surface area contributed by atoms with Crippen LogP contribution in [0.2, 0.25) is 0 Å². The van der Waals surface area contributed by atoms with Crippen LogP contribution >= 0.6 is 11.3 Å². The molecule has 0 N–H and O–H groups in total. The third kappa shape index (κ3) is 3.14. The van der Waals surface area contributed by atoms with E-state index in [-0.39, 0.29) is 35.9 Å². The second-order valence-electron chi connectivity index (χ2n) is 5.28. The number of nitriles is 1. The average Bonchev–Trinajstić information content (AvgIpc) is 3.08. The first-order valence-corrected chi connectivity index (χ1v) is 9.43. The number of hydrogen-bond acceptors (Lipinski definition) is 6. The predicted octanol–water partition coefficient (Wildman–Crippen LogP) is 2.17. The van der Waals surface area contributed by atoms with Crippen LogP contribution in [-0.4, -0.2) is 36.9 Å². The number of hydrogen-bond donors (Lipinski definition) is 0. The molecule has 0 spiro atoms. The van der Waals surface area contributed by atoms with Crippen LogP contribution in [0.3, 0.4) is 0 Å². The van der Waals surface area contributed by atoms with Gasteiger partial charge in [0.15, 0.2) is 5.69 Å². The molecule has 0 aromatic carbocycles. The summed E-state index contributed by atoms with van der Waals surface area (Å²) in [6.45, 7) is 2.32. The summed E-state index contributed by atoms with van der Waals surface area (Å²) in [6.07, 6.45) is 0.876. The van der Waals surface area contributed by atoms with E-state index in [0.717, 1.165) is 5.56 Å². The number of nitrogens with zero attached hydrogens (tertiary/aromatic N) is 3. The SMILES string of the molecule is C[C@@H]1CN(S(=O)(=O)c2cccnc2C#N)C[C@H](c2ccsc2)O1. The van der Waals surface area contributed by atoms with Gasteiger partial charge in [0.2, 0.25) is 10.0 Å². The van der Waals surface area contributed by atoms with Crippen LogP contribution in [0.25, 0.3) is 0 Å². The van der Waals surface area contributed by atoms with Crippen molar-refractivity contribution in [2.75, 3.05) is 13.1 Å². The summed E-state index contributed by atoms with van der Waals surface area (Å²) in [4.78, 5) is 3.79. The van der Waals surface area contributed by atoms with Crippen LogP contribution < -0.4 is 0 Å². The minimum atomic E-state index is -3.79. The lowest BCUT2D eigenvalue weighted by atomic mass is 10.1. The molecule has 1 aliphatic heterocycles. The summed E-state index contributed by atoms with van der Waals surface area (Å²) in [7, 11) is -3.79. The minimum Gasteiger partial charge on any atom is -0.368 e. The molecule has 0 aliphatic carbocycles. The quantitative estimate of drug-likeness (QED) is 0.848. The molecule has 0 amide bonds. The van der Waals surface area contributed by atoms with Crippen LogP contribution in [0.4, 0.5) is 0 Å². The Morgan fingerprint density at radius 2 is 2.26 bits per heavy atom. The fourth-order valence-corrected chi connectivity index (χ4v) is 4.88. The van der Waals surface area contributed by atoms with E-state index >= 15 is 0 Å². The third-order valence-electron chi connectivity index (χ3n) is 3.64. The van der Waals surface area contributed by atoms with Crippen molar-refractivity contribution in [2.24, 2.45) is 0 Å². The molecule has 120 valence electrons. The predicted molar refractivity (Wildman–Crippen MR) is 85.3 cm³/mol. The van der Waals surface area contributed by atoms with Gasteiger partial charge in [-0.2, -0.15) is 20.9 Å². The highest BCUT2D eigenvalue weighted by Crippen LogP contribution is 2.30. The molecule has 1 saturated heterocycles. The number of sulfonamides is 1. The molecule has 3 rings (SSSR count). The Kier molecular flexibility index (Phi) is 4.46. The topological polar surface area (TPSA) is 83.3 Å². The van der Waals surface area contributed by atoms with Gasteiger partial charge in [0.25, 0.3) is 0 Å². The minimum absolute atomic E-state index is 0.0549. The van der Waals surface area contributed by atoms with Gasteiger partial charge < -0.3 is 4.74 Å². The van der Waals surface area contributed by atoms with E-state index in [9.17, 15) is 8.42 Å². The molecule has 2 aromatic rings. The van der Waals surface area contributed by atoms with Crippen LogP contribution in [0.5, 0.6) is 0 Å². The Morgan fingerprint density at radius 3 is 2.96 bits per heavy atom. The summed E-state index contributed by atoms with van der Waals surface area (Å²) < 4.78 is 33.1. The average molecular weight is 349 g/mol. The van der Waals surface area contributed by atoms with E-state index in [2.05, 4.69) is 4.98 Å². The van der Waals surface area contributed by atoms with Gasteiger partial charge in [-0.15, -0.1) is 0 Å². The van der Waals surface area contributed by atoms with E-state index in [1.807, 2.05) is 29.8 Å². The summed E-state index contributed by atoms with van der Waals surface area (Å²) in [5.41, 5.74) is 0.882. The van der Waals surface area contributed by atoms with Crippen molar-refractivity contribution >= 4 is 21.4 Å². The first kappa shape index (κ1) is 16.1. The summed E-state index contributed by atoms with van der Waals surface area (Å²) in [5.74, 6) is 0. The first-order valence-electron chi connectivity index (χ1n) is 7.05. The number of rotatable bonds is 3. The van der Waals surface area contributed by atoms with Crippen molar-refractivity contribution < 1.29 is 13.2 Å². The van der Waals surface area contributed by atoms with E-state index in [1.165, 1.54) is 22.6 Å². The van der Waals surface area contributed by atoms with Gasteiger partial charge in [0, 0.05) is 19.3 Å². The second-order valence-corrected chi connectivity index (χ2v) is 7.96. The van der Waals surface area contributed by atoms with Crippen LogP contribution in [-0.2, 0) is 14.8 Å². The number of morpholine rings is 1. The molecule has 3 heterocycles. The maximum atomic E-state index is 12.9. The highest BCUT2D eigenvalue weighted by Gasteiger charge is 2.36. The monoisotopic (exact) mass is 349 g/mol. The van der Waals surface area contributed by atoms with Crippen molar-refractivity contribution in [1.29, 1.82) is 5.26 Å². The number of thiophene rings is 1. The molecule has 1 fully saturated rings. The molecule has 8 heteroatoms. The Balaban J connectivity index is 1.95. The molecule has 0 bridgehead atoms. The molecule has 1 aliphatic rings. The van der Waals surface area contributed by atoms with Gasteiger partial charge in [-0.3, -0.25) is 0 Å². The Morgan fingerprint density at radius 1 is 1.43 bits per heavy atom. The molecule has 23 heavy (non-hydrogen) atoms. The standard InChI is InChI=1S/C15H15N3O3S2/c1-11-8-18(9-14(21-11)12-4-6-22-10-12)23(19,20)15-3-2-5-17-13(15)7-16/h2-6,10-11,14H,8-9H2,1H3/t11-,14-/m1/s1. The zero-order valence-corrected chi connectivity index (χ0v) is 14.0. The van der Waals surface area contributed by atoms with Crippen molar-refractivity contribution in [3.63, 3.8) is 0 Å². The molecule has 0 unspecified atom stereocenters. The van der Waals surface area contributed by atoms with E-state index < -0.39 is 10.0 Å². The Hall–Kier alpha value is -1.79. The Bertz CT molecular complexity index is 828. The van der Waals surface area contributed by atoms with Gasteiger partial charge in [-0.1, -0.05) is 0 Å². The largest absolute Gasteiger partial charge is 0.368 e. The Labute approximate surface area is 139 Å². The first-order chi connectivity index (χ1) is 11.0. The zero-order chi connectivity index (χ0) is 16.4. The summed E-state index contributed by atoms with van der Waals surface area (Å²) in [6, 6.07) is 6.72. The molecule has 6 nitrogen and oxygen atoms in total. The molecular formula is C15H15N3O3S2. The van der Waals surface area contributed by atoms with Crippen molar-refractivity contribution in [1.82, 2.24) is 9.29 Å². The van der Waals surface area contributed by atoms with E-state index in [0.29, 0.717) is 0 Å². The number of pyridine rings is 1. The van der Waals surface area contributed by atoms with Crippen LogP contribution in [0.1, 0.15) is 24.3 Å². The highest BCUT2D eigenvalue weighted by atomic mass is 32.2. The fraction of sp³-hybridized carbons (Fsp3) is 0.333. The van der Waals surface area contributed by atoms with Gasteiger partial charge >= 0.3 is 0 Å². The molecule has 2 atom stereocenters. The second kappa shape index (κ2) is 6.37. The van der Waals surface area contributed by atoms with Gasteiger partial charge in [-0.05, 0) is 41.4 Å². The van der Waals surface area contributed by atoms with Crippen LogP contribution in [0, 0.1) is 11.3 Å².